The molecule has 1 atom stereocenters. The molecule has 2 nitrogen and oxygen atoms in total. The maximum atomic E-state index is 11.5. The first-order valence-electron chi connectivity index (χ1n) is 4.40. The van der Waals surface area contributed by atoms with E-state index in [1.807, 2.05) is 34.6 Å². The predicted molar refractivity (Wildman–Crippen MR) is 55.9 cm³/mol. The molecule has 0 bridgehead atoms. The Labute approximate surface area is 78.1 Å². The average Bonchev–Trinajstić information content (AvgIpc) is 1.97. The van der Waals surface area contributed by atoms with Gasteiger partial charge in [-0.3, -0.25) is 0 Å². The number of hydrogen-bond donors (Lipinski definition) is 0. The lowest BCUT2D eigenvalue weighted by Gasteiger charge is -2.14. The van der Waals surface area contributed by atoms with Crippen LogP contribution in [0.1, 0.15) is 47.5 Å². The van der Waals surface area contributed by atoms with Crippen molar-refractivity contribution in [3.05, 3.63) is 0 Å². The monoisotopic (exact) mass is 189 g/mol. The van der Waals surface area contributed by atoms with Gasteiger partial charge in [0.15, 0.2) is 0 Å². The third-order valence-electron chi connectivity index (χ3n) is 1.55. The van der Waals surface area contributed by atoms with Crippen LogP contribution in [0, 0.1) is 0 Å². The SMILES string of the molecule is CCC(CC)=N[S@](=O)C(C)(C)C. The summed E-state index contributed by atoms with van der Waals surface area (Å²) < 4.78 is 15.5. The van der Waals surface area contributed by atoms with Crippen LogP contribution in [-0.2, 0) is 11.0 Å². The molecule has 0 fully saturated rings. The molecule has 0 aromatic rings. The summed E-state index contributed by atoms with van der Waals surface area (Å²) in [7, 11) is -1.08. The van der Waals surface area contributed by atoms with Gasteiger partial charge in [0.25, 0.3) is 0 Å². The molecule has 0 heterocycles. The Kier molecular flexibility index (Phi) is 4.68. The van der Waals surface area contributed by atoms with E-state index in [1.165, 1.54) is 0 Å². The van der Waals surface area contributed by atoms with Crippen LogP contribution in [0.3, 0.4) is 0 Å². The standard InChI is InChI=1S/C9H19NOS/c1-6-8(7-2)10-12(11)9(3,4)5/h6-7H2,1-5H3/t12-/m1/s1. The van der Waals surface area contributed by atoms with Crippen LogP contribution in [0.15, 0.2) is 4.40 Å². The second-order valence-electron chi connectivity index (χ2n) is 3.73. The van der Waals surface area contributed by atoms with Crippen LogP contribution in [0.5, 0.6) is 0 Å². The van der Waals surface area contributed by atoms with Crippen LogP contribution >= 0.6 is 0 Å². The van der Waals surface area contributed by atoms with Gasteiger partial charge >= 0.3 is 0 Å². The van der Waals surface area contributed by atoms with Gasteiger partial charge in [-0.25, -0.2) is 4.21 Å². The third-order valence-corrected chi connectivity index (χ3v) is 3.02. The lowest BCUT2D eigenvalue weighted by Crippen LogP contribution is -2.20. The van der Waals surface area contributed by atoms with Crippen molar-refractivity contribution in [2.24, 2.45) is 4.40 Å². The molecule has 0 aromatic carbocycles. The highest BCUT2D eigenvalue weighted by Crippen LogP contribution is 2.13. The molecule has 0 aliphatic carbocycles. The maximum absolute atomic E-state index is 11.5. The molecule has 0 rings (SSSR count). The van der Waals surface area contributed by atoms with Crippen LogP contribution in [0.4, 0.5) is 0 Å². The highest BCUT2D eigenvalue weighted by molar-refractivity contribution is 7.85. The van der Waals surface area contributed by atoms with Crippen molar-refractivity contribution in [3.8, 4) is 0 Å². The zero-order valence-electron chi connectivity index (χ0n) is 8.68. The molecule has 0 saturated heterocycles. The van der Waals surface area contributed by atoms with Gasteiger partial charge in [0.1, 0.15) is 11.0 Å². The van der Waals surface area contributed by atoms with Gasteiger partial charge in [0, 0.05) is 5.71 Å². The molecule has 0 amide bonds. The Bertz CT molecular complexity index is 185. The normalized spacial score (nSPS) is 14.1. The molecule has 72 valence electrons. The summed E-state index contributed by atoms with van der Waals surface area (Å²) in [6.07, 6.45) is 1.80. The highest BCUT2D eigenvalue weighted by atomic mass is 32.2. The van der Waals surface area contributed by atoms with E-state index in [0.29, 0.717) is 0 Å². The molecule has 0 unspecified atom stereocenters. The Morgan fingerprint density at radius 2 is 1.67 bits per heavy atom. The molecule has 0 aliphatic heterocycles. The van der Waals surface area contributed by atoms with Gasteiger partial charge < -0.3 is 0 Å². The Hall–Kier alpha value is -0.180. The summed E-state index contributed by atoms with van der Waals surface area (Å²) in [6, 6.07) is 0. The third kappa shape index (κ3) is 4.00. The molecule has 0 saturated carbocycles. The molecule has 12 heavy (non-hydrogen) atoms. The number of hydrogen-bond acceptors (Lipinski definition) is 1. The van der Waals surface area contributed by atoms with Crippen molar-refractivity contribution in [2.75, 3.05) is 0 Å². The van der Waals surface area contributed by atoms with Crippen molar-refractivity contribution >= 4 is 16.7 Å². The van der Waals surface area contributed by atoms with Crippen molar-refractivity contribution in [2.45, 2.75) is 52.2 Å². The molecule has 0 aliphatic rings. The molecular weight excluding hydrogens is 170 g/mol. The smallest absolute Gasteiger partial charge is 0.144 e. The fourth-order valence-corrected chi connectivity index (χ4v) is 1.40. The van der Waals surface area contributed by atoms with E-state index < -0.39 is 11.0 Å². The first-order chi connectivity index (χ1) is 5.41. The van der Waals surface area contributed by atoms with Gasteiger partial charge in [0.2, 0.25) is 0 Å². The zero-order chi connectivity index (χ0) is 9.78. The number of rotatable bonds is 3. The first kappa shape index (κ1) is 11.8. The van der Waals surface area contributed by atoms with Gasteiger partial charge in [-0.2, -0.15) is 4.40 Å². The summed E-state index contributed by atoms with van der Waals surface area (Å²) in [5.41, 5.74) is 1.04. The van der Waals surface area contributed by atoms with Crippen molar-refractivity contribution in [3.63, 3.8) is 0 Å². The van der Waals surface area contributed by atoms with E-state index in [2.05, 4.69) is 4.40 Å². The van der Waals surface area contributed by atoms with Gasteiger partial charge in [-0.1, -0.05) is 13.8 Å². The molecule has 0 aromatic heterocycles. The van der Waals surface area contributed by atoms with E-state index in [1.54, 1.807) is 0 Å². The number of nitrogens with zero attached hydrogens (tertiary/aromatic N) is 1. The quantitative estimate of drug-likeness (QED) is 0.628. The van der Waals surface area contributed by atoms with E-state index >= 15 is 0 Å². The van der Waals surface area contributed by atoms with Crippen LogP contribution < -0.4 is 0 Å². The van der Waals surface area contributed by atoms with E-state index in [0.717, 1.165) is 18.6 Å². The Morgan fingerprint density at radius 1 is 1.25 bits per heavy atom. The fourth-order valence-electron chi connectivity index (χ4n) is 0.633. The Balaban J connectivity index is 4.42. The van der Waals surface area contributed by atoms with E-state index in [-0.39, 0.29) is 4.75 Å². The van der Waals surface area contributed by atoms with E-state index in [4.69, 9.17) is 0 Å². The largest absolute Gasteiger partial charge is 0.234 e. The highest BCUT2D eigenvalue weighted by Gasteiger charge is 2.18. The second kappa shape index (κ2) is 4.75. The molecule has 0 spiro atoms. The van der Waals surface area contributed by atoms with Crippen molar-refractivity contribution in [1.29, 1.82) is 0 Å². The lowest BCUT2D eigenvalue weighted by molar-refractivity contribution is 0.650. The zero-order valence-corrected chi connectivity index (χ0v) is 9.49. The van der Waals surface area contributed by atoms with Crippen LogP contribution in [0.25, 0.3) is 0 Å². The van der Waals surface area contributed by atoms with Gasteiger partial charge in [0.05, 0.1) is 4.75 Å². The van der Waals surface area contributed by atoms with Gasteiger partial charge in [-0.15, -0.1) is 0 Å². The second-order valence-corrected chi connectivity index (χ2v) is 5.63. The van der Waals surface area contributed by atoms with Crippen molar-refractivity contribution < 1.29 is 4.21 Å². The average molecular weight is 189 g/mol. The topological polar surface area (TPSA) is 29.4 Å². The summed E-state index contributed by atoms with van der Waals surface area (Å²) in [5.74, 6) is 0. The molecular formula is C9H19NOS. The predicted octanol–water partition coefficient (Wildman–Crippen LogP) is 2.71. The Morgan fingerprint density at radius 3 is 1.92 bits per heavy atom. The van der Waals surface area contributed by atoms with Crippen LogP contribution in [-0.4, -0.2) is 14.7 Å². The minimum Gasteiger partial charge on any atom is -0.234 e. The van der Waals surface area contributed by atoms with E-state index in [9.17, 15) is 4.21 Å². The van der Waals surface area contributed by atoms with Gasteiger partial charge in [-0.05, 0) is 33.6 Å². The van der Waals surface area contributed by atoms with Crippen molar-refractivity contribution in [1.82, 2.24) is 0 Å². The summed E-state index contributed by atoms with van der Waals surface area (Å²) in [6.45, 7) is 9.91. The first-order valence-corrected chi connectivity index (χ1v) is 5.51. The molecule has 0 N–H and O–H groups in total. The molecule has 0 radical (unpaired) electrons. The summed E-state index contributed by atoms with van der Waals surface area (Å²) in [4.78, 5) is 0. The minimum absolute atomic E-state index is 0.227. The maximum Gasteiger partial charge on any atom is 0.144 e. The van der Waals surface area contributed by atoms with Crippen LogP contribution in [0.2, 0.25) is 0 Å². The molecule has 3 heteroatoms. The summed E-state index contributed by atoms with van der Waals surface area (Å²) in [5, 5.41) is 0. The lowest BCUT2D eigenvalue weighted by atomic mass is 10.2. The fraction of sp³-hybridized carbons (Fsp3) is 0.889. The summed E-state index contributed by atoms with van der Waals surface area (Å²) >= 11 is 0. The minimum atomic E-state index is -1.08.